The number of hydrogen-bond acceptors (Lipinski definition) is 3. The molecule has 82 valence electrons. The van der Waals surface area contributed by atoms with Gasteiger partial charge in [-0.25, -0.2) is 0 Å². The zero-order valence-electron chi connectivity index (χ0n) is 10.0. The van der Waals surface area contributed by atoms with Gasteiger partial charge in [-0.15, -0.1) is 0 Å². The fourth-order valence-electron chi connectivity index (χ4n) is 0.961. The Morgan fingerprint density at radius 3 is 2.14 bits per heavy atom. The summed E-state index contributed by atoms with van der Waals surface area (Å²) < 4.78 is 5.10. The molecule has 0 rings (SSSR count). The summed E-state index contributed by atoms with van der Waals surface area (Å²) in [6.07, 6.45) is 1.89. The molecule has 3 heteroatoms. The molecule has 0 aliphatic rings. The van der Waals surface area contributed by atoms with Crippen LogP contribution in [0.25, 0.3) is 0 Å². The van der Waals surface area contributed by atoms with Crippen molar-refractivity contribution in [2.45, 2.75) is 47.1 Å². The SMILES string of the molecule is CC(=O)OC(C)(C)CN=CC(C)(C)C. The Morgan fingerprint density at radius 2 is 1.79 bits per heavy atom. The van der Waals surface area contributed by atoms with Crippen LogP contribution in [0.2, 0.25) is 0 Å². The van der Waals surface area contributed by atoms with Crippen LogP contribution in [0.3, 0.4) is 0 Å². The highest BCUT2D eigenvalue weighted by molar-refractivity contribution is 5.66. The standard InChI is InChI=1S/C11H21NO2/c1-9(13)14-11(5,6)8-12-7-10(2,3)4/h7H,8H2,1-6H3. The first-order valence-corrected chi connectivity index (χ1v) is 4.83. The van der Waals surface area contributed by atoms with Crippen LogP contribution >= 0.6 is 0 Å². The maximum atomic E-state index is 10.7. The van der Waals surface area contributed by atoms with Crippen molar-refractivity contribution < 1.29 is 9.53 Å². The van der Waals surface area contributed by atoms with E-state index in [1.807, 2.05) is 20.1 Å². The molecule has 0 heterocycles. The van der Waals surface area contributed by atoms with Gasteiger partial charge >= 0.3 is 5.97 Å². The molecular formula is C11H21NO2. The van der Waals surface area contributed by atoms with E-state index in [1.165, 1.54) is 6.92 Å². The van der Waals surface area contributed by atoms with Gasteiger partial charge in [0.15, 0.2) is 0 Å². The largest absolute Gasteiger partial charge is 0.458 e. The smallest absolute Gasteiger partial charge is 0.303 e. The number of nitrogens with zero attached hydrogens (tertiary/aromatic N) is 1. The van der Waals surface area contributed by atoms with Gasteiger partial charge in [-0.3, -0.25) is 9.79 Å². The second kappa shape index (κ2) is 4.58. The van der Waals surface area contributed by atoms with Gasteiger partial charge in [-0.05, 0) is 19.3 Å². The Balaban J connectivity index is 4.11. The molecule has 0 N–H and O–H groups in total. The van der Waals surface area contributed by atoms with Crippen LogP contribution in [-0.4, -0.2) is 24.3 Å². The molecule has 0 amide bonds. The maximum absolute atomic E-state index is 10.7. The van der Waals surface area contributed by atoms with Gasteiger partial charge < -0.3 is 4.74 Å². The van der Waals surface area contributed by atoms with Gasteiger partial charge in [-0.1, -0.05) is 20.8 Å². The van der Waals surface area contributed by atoms with Crippen molar-refractivity contribution in [2.24, 2.45) is 10.4 Å². The van der Waals surface area contributed by atoms with Crippen LogP contribution in [0.4, 0.5) is 0 Å². The van der Waals surface area contributed by atoms with E-state index in [1.54, 1.807) is 0 Å². The highest BCUT2D eigenvalue weighted by Gasteiger charge is 2.20. The molecule has 0 atom stereocenters. The van der Waals surface area contributed by atoms with E-state index in [4.69, 9.17) is 4.74 Å². The van der Waals surface area contributed by atoms with E-state index in [9.17, 15) is 4.79 Å². The molecule has 0 radical (unpaired) electrons. The van der Waals surface area contributed by atoms with E-state index in [0.29, 0.717) is 6.54 Å². The fourth-order valence-corrected chi connectivity index (χ4v) is 0.961. The molecule has 3 nitrogen and oxygen atoms in total. The minimum atomic E-state index is -0.506. The third-order valence-electron chi connectivity index (χ3n) is 1.37. The summed E-state index contributed by atoms with van der Waals surface area (Å²) in [5.74, 6) is -0.263. The van der Waals surface area contributed by atoms with Crippen molar-refractivity contribution in [3.8, 4) is 0 Å². The number of rotatable bonds is 3. The third kappa shape index (κ3) is 7.77. The van der Waals surface area contributed by atoms with E-state index in [2.05, 4.69) is 25.8 Å². The molecule has 14 heavy (non-hydrogen) atoms. The first-order valence-electron chi connectivity index (χ1n) is 4.83. The monoisotopic (exact) mass is 199 g/mol. The fraction of sp³-hybridized carbons (Fsp3) is 0.818. The molecule has 0 saturated heterocycles. The summed E-state index contributed by atoms with van der Waals surface area (Å²) in [5.41, 5.74) is -0.431. The normalized spacial score (nSPS) is 13.3. The second-order valence-corrected chi connectivity index (χ2v) is 5.19. The summed E-state index contributed by atoms with van der Waals surface area (Å²) in [6, 6.07) is 0. The number of carbonyl (C=O) groups excluding carboxylic acids is 1. The Morgan fingerprint density at radius 1 is 1.29 bits per heavy atom. The van der Waals surface area contributed by atoms with Gasteiger partial charge in [0.2, 0.25) is 0 Å². The lowest BCUT2D eigenvalue weighted by molar-refractivity contribution is -0.152. The summed E-state index contributed by atoms with van der Waals surface area (Å²) in [4.78, 5) is 15.0. The first-order chi connectivity index (χ1) is 6.12. The Bertz CT molecular complexity index is 224. The topological polar surface area (TPSA) is 38.7 Å². The first kappa shape index (κ1) is 13.1. The van der Waals surface area contributed by atoms with Crippen molar-refractivity contribution in [3.63, 3.8) is 0 Å². The van der Waals surface area contributed by atoms with Gasteiger partial charge in [0, 0.05) is 13.1 Å². The Hall–Kier alpha value is -0.860. The quantitative estimate of drug-likeness (QED) is 0.517. The summed E-state index contributed by atoms with van der Waals surface area (Å²) in [7, 11) is 0. The summed E-state index contributed by atoms with van der Waals surface area (Å²) in [5, 5.41) is 0. The lowest BCUT2D eigenvalue weighted by Crippen LogP contribution is -2.30. The van der Waals surface area contributed by atoms with E-state index in [-0.39, 0.29) is 11.4 Å². The second-order valence-electron chi connectivity index (χ2n) is 5.19. The average Bonchev–Trinajstić information content (AvgIpc) is 1.78. The van der Waals surface area contributed by atoms with Gasteiger partial charge in [-0.2, -0.15) is 0 Å². The zero-order chi connectivity index (χ0) is 11.4. The lowest BCUT2D eigenvalue weighted by Gasteiger charge is -2.22. The molecule has 0 fully saturated rings. The molecule has 0 aliphatic carbocycles. The number of aliphatic imine (C=N–C) groups is 1. The predicted octanol–water partition coefficient (Wildman–Crippen LogP) is 2.45. The molecule has 0 unspecified atom stereocenters. The number of hydrogen-bond donors (Lipinski definition) is 0. The predicted molar refractivity (Wildman–Crippen MR) is 58.7 cm³/mol. The molecule has 0 saturated carbocycles. The van der Waals surface area contributed by atoms with Crippen LogP contribution in [0.1, 0.15) is 41.5 Å². The highest BCUT2D eigenvalue weighted by Crippen LogP contribution is 2.12. The lowest BCUT2D eigenvalue weighted by atomic mass is 9.99. The number of esters is 1. The molecule has 0 bridgehead atoms. The van der Waals surface area contributed by atoms with Crippen LogP contribution < -0.4 is 0 Å². The zero-order valence-corrected chi connectivity index (χ0v) is 10.0. The summed E-state index contributed by atoms with van der Waals surface area (Å²) in [6.45, 7) is 11.9. The molecular weight excluding hydrogens is 178 g/mol. The van der Waals surface area contributed by atoms with Gasteiger partial charge in [0.05, 0.1) is 6.54 Å². The van der Waals surface area contributed by atoms with E-state index in [0.717, 1.165) is 0 Å². The minimum absolute atomic E-state index is 0.0757. The average molecular weight is 199 g/mol. The van der Waals surface area contributed by atoms with Crippen LogP contribution in [0, 0.1) is 5.41 Å². The van der Waals surface area contributed by atoms with Crippen LogP contribution in [0.15, 0.2) is 4.99 Å². The van der Waals surface area contributed by atoms with Crippen molar-refractivity contribution >= 4 is 12.2 Å². The molecule has 0 aromatic heterocycles. The molecule has 0 aromatic carbocycles. The summed E-state index contributed by atoms with van der Waals surface area (Å²) >= 11 is 0. The van der Waals surface area contributed by atoms with Crippen molar-refractivity contribution in [3.05, 3.63) is 0 Å². The van der Waals surface area contributed by atoms with Gasteiger partial charge in [0.1, 0.15) is 5.60 Å². The maximum Gasteiger partial charge on any atom is 0.303 e. The molecule has 0 spiro atoms. The van der Waals surface area contributed by atoms with Crippen molar-refractivity contribution in [2.75, 3.05) is 6.54 Å². The number of ether oxygens (including phenoxy) is 1. The van der Waals surface area contributed by atoms with Crippen molar-refractivity contribution in [1.29, 1.82) is 0 Å². The van der Waals surface area contributed by atoms with Crippen LogP contribution in [-0.2, 0) is 9.53 Å². The van der Waals surface area contributed by atoms with E-state index >= 15 is 0 Å². The van der Waals surface area contributed by atoms with Crippen molar-refractivity contribution in [1.82, 2.24) is 0 Å². The van der Waals surface area contributed by atoms with Gasteiger partial charge in [0.25, 0.3) is 0 Å². The minimum Gasteiger partial charge on any atom is -0.458 e. The van der Waals surface area contributed by atoms with E-state index < -0.39 is 5.60 Å². The Kier molecular flexibility index (Phi) is 4.30. The molecule has 0 aromatic rings. The number of carbonyl (C=O) groups is 1. The van der Waals surface area contributed by atoms with Crippen LogP contribution in [0.5, 0.6) is 0 Å². The molecule has 0 aliphatic heterocycles. The Labute approximate surface area is 86.6 Å². The third-order valence-corrected chi connectivity index (χ3v) is 1.37. The highest BCUT2D eigenvalue weighted by atomic mass is 16.6.